The van der Waals surface area contributed by atoms with Gasteiger partial charge < -0.3 is 16.8 Å². The van der Waals surface area contributed by atoms with Crippen molar-refractivity contribution in [3.8, 4) is 0 Å². The molecule has 2 unspecified atom stereocenters. The summed E-state index contributed by atoms with van der Waals surface area (Å²) < 4.78 is 0. The molecule has 0 aromatic heterocycles. The molecule has 1 aromatic carbocycles. The average molecular weight is 261 g/mol. The van der Waals surface area contributed by atoms with E-state index in [-0.39, 0.29) is 17.9 Å². The number of amides is 2. The summed E-state index contributed by atoms with van der Waals surface area (Å²) in [6.45, 7) is 0.408. The summed E-state index contributed by atoms with van der Waals surface area (Å²) in [6, 6.07) is 7.11. The molecule has 0 saturated heterocycles. The van der Waals surface area contributed by atoms with Crippen LogP contribution in [0.15, 0.2) is 24.3 Å². The third-order valence-electron chi connectivity index (χ3n) is 3.52. The highest BCUT2D eigenvalue weighted by atomic mass is 16.2. The Bertz CT molecular complexity index is 487. The van der Waals surface area contributed by atoms with Gasteiger partial charge in [0.05, 0.1) is 0 Å². The zero-order valence-electron chi connectivity index (χ0n) is 10.8. The van der Waals surface area contributed by atoms with E-state index in [1.807, 2.05) is 6.07 Å². The lowest BCUT2D eigenvalue weighted by Gasteiger charge is -2.11. The fraction of sp³-hybridized carbons (Fsp3) is 0.429. The molecule has 0 heterocycles. The smallest absolute Gasteiger partial charge is 0.248 e. The van der Waals surface area contributed by atoms with E-state index >= 15 is 0 Å². The summed E-state index contributed by atoms with van der Waals surface area (Å²) in [7, 11) is 0. The lowest BCUT2D eigenvalue weighted by atomic mass is 10.1. The van der Waals surface area contributed by atoms with Gasteiger partial charge in [-0.05, 0) is 37.0 Å². The summed E-state index contributed by atoms with van der Waals surface area (Å²) in [5.74, 6) is -0.401. The number of carbonyl (C=O) groups excluding carboxylic acids is 2. The van der Waals surface area contributed by atoms with Crippen molar-refractivity contribution in [2.45, 2.75) is 31.8 Å². The molecule has 19 heavy (non-hydrogen) atoms. The molecule has 1 aromatic rings. The number of primary amides is 1. The Morgan fingerprint density at radius 2 is 2.11 bits per heavy atom. The van der Waals surface area contributed by atoms with Crippen molar-refractivity contribution in [2.75, 3.05) is 0 Å². The number of hydrogen-bond acceptors (Lipinski definition) is 3. The van der Waals surface area contributed by atoms with Gasteiger partial charge in [0.25, 0.3) is 0 Å². The highest BCUT2D eigenvalue weighted by Gasteiger charge is 2.27. The molecule has 0 spiro atoms. The Balaban J connectivity index is 1.90. The normalized spacial score (nSPS) is 22.2. The van der Waals surface area contributed by atoms with Crippen LogP contribution in [-0.2, 0) is 11.3 Å². The third kappa shape index (κ3) is 3.54. The van der Waals surface area contributed by atoms with Crippen LogP contribution in [0.4, 0.5) is 0 Å². The first-order valence-electron chi connectivity index (χ1n) is 6.48. The number of nitrogens with one attached hydrogen (secondary N) is 1. The second-order valence-electron chi connectivity index (χ2n) is 5.05. The van der Waals surface area contributed by atoms with Gasteiger partial charge in [-0.25, -0.2) is 0 Å². The van der Waals surface area contributed by atoms with Gasteiger partial charge in [-0.3, -0.25) is 9.59 Å². The van der Waals surface area contributed by atoms with Crippen molar-refractivity contribution in [3.05, 3.63) is 35.4 Å². The van der Waals surface area contributed by atoms with E-state index < -0.39 is 5.91 Å². The highest BCUT2D eigenvalue weighted by molar-refractivity contribution is 5.92. The fourth-order valence-electron chi connectivity index (χ4n) is 2.42. The van der Waals surface area contributed by atoms with Crippen LogP contribution in [0.5, 0.6) is 0 Å². The Labute approximate surface area is 112 Å². The number of benzene rings is 1. The number of carbonyl (C=O) groups is 2. The molecule has 2 atom stereocenters. The minimum atomic E-state index is -0.463. The second-order valence-corrected chi connectivity index (χ2v) is 5.05. The zero-order chi connectivity index (χ0) is 13.8. The topological polar surface area (TPSA) is 98.2 Å². The van der Waals surface area contributed by atoms with E-state index in [9.17, 15) is 9.59 Å². The molecule has 1 aliphatic carbocycles. The van der Waals surface area contributed by atoms with Gasteiger partial charge >= 0.3 is 0 Å². The zero-order valence-corrected chi connectivity index (χ0v) is 10.8. The maximum absolute atomic E-state index is 11.9. The summed E-state index contributed by atoms with van der Waals surface area (Å²) in [6.07, 6.45) is 2.52. The van der Waals surface area contributed by atoms with Gasteiger partial charge in [-0.15, -0.1) is 0 Å². The molecule has 0 aliphatic heterocycles. The molecular weight excluding hydrogens is 242 g/mol. The van der Waals surface area contributed by atoms with Gasteiger partial charge in [-0.1, -0.05) is 12.1 Å². The first-order chi connectivity index (χ1) is 9.06. The third-order valence-corrected chi connectivity index (χ3v) is 3.52. The van der Waals surface area contributed by atoms with Crippen LogP contribution in [-0.4, -0.2) is 17.9 Å². The molecule has 5 heteroatoms. The van der Waals surface area contributed by atoms with Crippen molar-refractivity contribution in [2.24, 2.45) is 17.4 Å². The van der Waals surface area contributed by atoms with Crippen LogP contribution in [0.1, 0.15) is 35.2 Å². The Hall–Kier alpha value is -1.88. The van der Waals surface area contributed by atoms with Gasteiger partial charge in [0.15, 0.2) is 0 Å². The van der Waals surface area contributed by atoms with E-state index in [0.29, 0.717) is 12.1 Å². The van der Waals surface area contributed by atoms with Gasteiger partial charge in [-0.2, -0.15) is 0 Å². The van der Waals surface area contributed by atoms with E-state index in [0.717, 1.165) is 24.8 Å². The van der Waals surface area contributed by atoms with E-state index in [1.165, 1.54) is 0 Å². The standard InChI is InChI=1S/C14H19N3O2/c15-12-5-4-11(7-12)14(19)17-8-9-2-1-3-10(6-9)13(16)18/h1-3,6,11-12H,4-5,7-8,15H2,(H2,16,18)(H,17,19). The van der Waals surface area contributed by atoms with Crippen molar-refractivity contribution in [1.82, 2.24) is 5.32 Å². The maximum Gasteiger partial charge on any atom is 0.248 e. The Morgan fingerprint density at radius 1 is 1.32 bits per heavy atom. The number of rotatable bonds is 4. The monoisotopic (exact) mass is 261 g/mol. The lowest BCUT2D eigenvalue weighted by molar-refractivity contribution is -0.125. The maximum atomic E-state index is 11.9. The fourth-order valence-corrected chi connectivity index (χ4v) is 2.42. The molecule has 1 saturated carbocycles. The Kier molecular flexibility index (Phi) is 4.16. The first-order valence-corrected chi connectivity index (χ1v) is 6.48. The van der Waals surface area contributed by atoms with Gasteiger partial charge in [0.1, 0.15) is 0 Å². The first kappa shape index (κ1) is 13.5. The average Bonchev–Trinajstić information content (AvgIpc) is 2.83. The van der Waals surface area contributed by atoms with E-state index in [4.69, 9.17) is 11.5 Å². The highest BCUT2D eigenvalue weighted by Crippen LogP contribution is 2.24. The quantitative estimate of drug-likeness (QED) is 0.737. The molecule has 0 radical (unpaired) electrons. The molecule has 5 N–H and O–H groups in total. The molecule has 1 fully saturated rings. The summed E-state index contributed by atoms with van der Waals surface area (Å²) in [4.78, 5) is 23.0. The second kappa shape index (κ2) is 5.84. The van der Waals surface area contributed by atoms with Crippen molar-refractivity contribution >= 4 is 11.8 Å². The predicted molar refractivity (Wildman–Crippen MR) is 72.1 cm³/mol. The van der Waals surface area contributed by atoms with Crippen LogP contribution in [0.2, 0.25) is 0 Å². The predicted octanol–water partition coefficient (Wildman–Crippen LogP) is 0.529. The molecule has 102 valence electrons. The van der Waals surface area contributed by atoms with Gasteiger partial charge in [0.2, 0.25) is 11.8 Å². The molecule has 2 rings (SSSR count). The van der Waals surface area contributed by atoms with Crippen molar-refractivity contribution in [3.63, 3.8) is 0 Å². The summed E-state index contributed by atoms with van der Waals surface area (Å²) in [5.41, 5.74) is 12.3. The molecule has 2 amide bonds. The number of hydrogen-bond donors (Lipinski definition) is 3. The lowest BCUT2D eigenvalue weighted by Crippen LogP contribution is -2.30. The van der Waals surface area contributed by atoms with Crippen LogP contribution in [0, 0.1) is 5.92 Å². The summed E-state index contributed by atoms with van der Waals surface area (Å²) >= 11 is 0. The van der Waals surface area contributed by atoms with Crippen molar-refractivity contribution < 1.29 is 9.59 Å². The van der Waals surface area contributed by atoms with E-state index in [1.54, 1.807) is 18.2 Å². The molecular formula is C14H19N3O2. The minimum Gasteiger partial charge on any atom is -0.366 e. The molecule has 1 aliphatic rings. The SMILES string of the molecule is NC(=O)c1cccc(CNC(=O)C2CCC(N)C2)c1. The molecule has 0 bridgehead atoms. The largest absolute Gasteiger partial charge is 0.366 e. The number of nitrogens with two attached hydrogens (primary N) is 2. The van der Waals surface area contributed by atoms with Crippen LogP contribution in [0.25, 0.3) is 0 Å². The summed E-state index contributed by atoms with van der Waals surface area (Å²) in [5, 5.41) is 2.88. The Morgan fingerprint density at radius 3 is 2.74 bits per heavy atom. The van der Waals surface area contributed by atoms with E-state index in [2.05, 4.69) is 5.32 Å². The van der Waals surface area contributed by atoms with Crippen LogP contribution in [0.3, 0.4) is 0 Å². The van der Waals surface area contributed by atoms with Gasteiger partial charge in [0, 0.05) is 24.1 Å². The molecule has 5 nitrogen and oxygen atoms in total. The van der Waals surface area contributed by atoms with Crippen LogP contribution >= 0.6 is 0 Å². The minimum absolute atomic E-state index is 0.0225. The van der Waals surface area contributed by atoms with Crippen molar-refractivity contribution in [1.29, 1.82) is 0 Å². The van der Waals surface area contributed by atoms with Crippen LogP contribution < -0.4 is 16.8 Å².